The largest absolute Gasteiger partial charge is 0.295 e. The molecule has 0 aliphatic heterocycles. The number of nitrogens with one attached hydrogen (secondary N) is 1. The maximum atomic E-state index is 11.9. The molecule has 4 nitrogen and oxygen atoms in total. The first-order valence-corrected chi connectivity index (χ1v) is 7.88. The minimum atomic E-state index is -3.58. The Morgan fingerprint density at radius 3 is 2.19 bits per heavy atom. The first-order valence-electron chi connectivity index (χ1n) is 6.33. The van der Waals surface area contributed by atoms with Crippen LogP contribution in [-0.2, 0) is 10.0 Å². The van der Waals surface area contributed by atoms with Crippen LogP contribution in [0.5, 0.6) is 0 Å². The molecule has 0 bridgehead atoms. The van der Waals surface area contributed by atoms with Crippen molar-refractivity contribution in [1.29, 1.82) is 0 Å². The number of sulfonamides is 1. The highest BCUT2D eigenvalue weighted by Gasteiger charge is 2.06. The number of hydrogen-bond donors (Lipinski definition) is 1. The van der Waals surface area contributed by atoms with Gasteiger partial charge in [-0.05, 0) is 42.8 Å². The lowest BCUT2D eigenvalue weighted by Crippen LogP contribution is -2.08. The monoisotopic (exact) mass is 301 g/mol. The minimum absolute atomic E-state index is 0.0617. The number of ketones is 1. The molecule has 21 heavy (non-hydrogen) atoms. The number of carbonyl (C=O) groups excluding carboxylic acids is 1. The van der Waals surface area contributed by atoms with Crippen molar-refractivity contribution in [1.82, 2.24) is 0 Å². The van der Waals surface area contributed by atoms with Gasteiger partial charge in [-0.15, -0.1) is 0 Å². The maximum Gasteiger partial charge on any atom is 0.255 e. The molecular formula is C16H15NO3S. The highest BCUT2D eigenvalue weighted by atomic mass is 32.2. The third-order valence-electron chi connectivity index (χ3n) is 2.79. The quantitative estimate of drug-likeness (QED) is 0.862. The Balaban J connectivity index is 2.10. The first-order chi connectivity index (χ1) is 9.96. The molecule has 2 aromatic carbocycles. The van der Waals surface area contributed by atoms with E-state index in [1.54, 1.807) is 24.3 Å². The van der Waals surface area contributed by atoms with Crippen molar-refractivity contribution in [2.75, 3.05) is 4.72 Å². The van der Waals surface area contributed by atoms with Gasteiger partial charge in [-0.2, -0.15) is 0 Å². The number of hydrogen-bond acceptors (Lipinski definition) is 3. The van der Waals surface area contributed by atoms with Crippen molar-refractivity contribution in [3.05, 3.63) is 71.1 Å². The van der Waals surface area contributed by atoms with E-state index in [0.29, 0.717) is 11.3 Å². The summed E-state index contributed by atoms with van der Waals surface area (Å²) in [6.07, 6.45) is 1.52. The molecule has 0 aliphatic rings. The third kappa shape index (κ3) is 4.57. The second-order valence-electron chi connectivity index (χ2n) is 4.49. The number of carbonyl (C=O) groups is 1. The summed E-state index contributed by atoms with van der Waals surface area (Å²) in [6, 6.07) is 15.4. The van der Waals surface area contributed by atoms with Gasteiger partial charge < -0.3 is 0 Å². The van der Waals surface area contributed by atoms with Crippen molar-refractivity contribution in [2.45, 2.75) is 6.92 Å². The predicted molar refractivity (Wildman–Crippen MR) is 84.5 cm³/mol. The summed E-state index contributed by atoms with van der Waals surface area (Å²) in [5.74, 6) is -0.0617. The minimum Gasteiger partial charge on any atom is -0.295 e. The third-order valence-corrected chi connectivity index (χ3v) is 3.81. The van der Waals surface area contributed by atoms with Gasteiger partial charge in [0, 0.05) is 11.3 Å². The van der Waals surface area contributed by atoms with Gasteiger partial charge in [0.2, 0.25) is 0 Å². The van der Waals surface area contributed by atoms with Crippen molar-refractivity contribution < 1.29 is 13.2 Å². The lowest BCUT2D eigenvalue weighted by molar-refractivity contribution is 0.101. The summed E-state index contributed by atoms with van der Waals surface area (Å²) in [6.45, 7) is 1.46. The SMILES string of the molecule is CC(=O)c1ccc(NS(=O)(=O)/C=C/c2ccccc2)cc1. The van der Waals surface area contributed by atoms with Crippen LogP contribution in [-0.4, -0.2) is 14.2 Å². The van der Waals surface area contributed by atoms with Crippen LogP contribution in [0.25, 0.3) is 6.08 Å². The zero-order chi connectivity index (χ0) is 15.3. The van der Waals surface area contributed by atoms with E-state index < -0.39 is 10.0 Å². The smallest absolute Gasteiger partial charge is 0.255 e. The zero-order valence-electron chi connectivity index (χ0n) is 11.5. The molecule has 0 unspecified atom stereocenters. The molecule has 0 saturated carbocycles. The van der Waals surface area contributed by atoms with E-state index in [1.165, 1.54) is 13.0 Å². The van der Waals surface area contributed by atoms with Crippen LogP contribution in [0.2, 0.25) is 0 Å². The number of Topliss-reactive ketones (excluding diaryl/α,β-unsaturated/α-hetero) is 1. The van der Waals surface area contributed by atoms with E-state index in [4.69, 9.17) is 0 Å². The molecule has 0 atom stereocenters. The van der Waals surface area contributed by atoms with E-state index >= 15 is 0 Å². The molecule has 108 valence electrons. The summed E-state index contributed by atoms with van der Waals surface area (Å²) in [4.78, 5) is 11.2. The first kappa shape index (κ1) is 15.0. The number of rotatable bonds is 5. The van der Waals surface area contributed by atoms with Crippen LogP contribution in [0.3, 0.4) is 0 Å². The number of anilines is 1. The van der Waals surface area contributed by atoms with Gasteiger partial charge in [0.25, 0.3) is 10.0 Å². The van der Waals surface area contributed by atoms with Crippen LogP contribution < -0.4 is 4.72 Å². The molecule has 5 heteroatoms. The summed E-state index contributed by atoms with van der Waals surface area (Å²) < 4.78 is 26.3. The fourth-order valence-corrected chi connectivity index (χ4v) is 2.57. The second kappa shape index (κ2) is 6.37. The van der Waals surface area contributed by atoms with Crippen molar-refractivity contribution >= 4 is 27.6 Å². The standard InChI is InChI=1S/C16H15NO3S/c1-13(18)15-7-9-16(10-8-15)17-21(19,20)12-11-14-5-3-2-4-6-14/h2-12,17H,1H3/b12-11+. The molecule has 0 radical (unpaired) electrons. The average molecular weight is 301 g/mol. The topological polar surface area (TPSA) is 63.2 Å². The van der Waals surface area contributed by atoms with Gasteiger partial charge in [0.1, 0.15) is 0 Å². The molecular weight excluding hydrogens is 286 g/mol. The molecule has 0 aromatic heterocycles. The Morgan fingerprint density at radius 1 is 1.00 bits per heavy atom. The Kier molecular flexibility index (Phi) is 4.55. The summed E-state index contributed by atoms with van der Waals surface area (Å²) >= 11 is 0. The van der Waals surface area contributed by atoms with E-state index in [1.807, 2.05) is 30.3 Å². The van der Waals surface area contributed by atoms with E-state index in [9.17, 15) is 13.2 Å². The lowest BCUT2D eigenvalue weighted by atomic mass is 10.1. The van der Waals surface area contributed by atoms with Crippen LogP contribution in [0.1, 0.15) is 22.8 Å². The summed E-state index contributed by atoms with van der Waals surface area (Å²) in [7, 11) is -3.58. The van der Waals surface area contributed by atoms with E-state index in [-0.39, 0.29) is 5.78 Å². The zero-order valence-corrected chi connectivity index (χ0v) is 12.3. The van der Waals surface area contributed by atoms with Gasteiger partial charge in [0.05, 0.1) is 5.41 Å². The fraction of sp³-hybridized carbons (Fsp3) is 0.0625. The molecule has 0 aliphatic carbocycles. The highest BCUT2D eigenvalue weighted by molar-refractivity contribution is 7.95. The Bertz CT molecular complexity index is 748. The Hall–Kier alpha value is -2.40. The van der Waals surface area contributed by atoms with Crippen LogP contribution >= 0.6 is 0 Å². The molecule has 2 aromatic rings. The van der Waals surface area contributed by atoms with Crippen molar-refractivity contribution in [3.63, 3.8) is 0 Å². The van der Waals surface area contributed by atoms with Crippen LogP contribution in [0.4, 0.5) is 5.69 Å². The van der Waals surface area contributed by atoms with Gasteiger partial charge in [-0.1, -0.05) is 30.3 Å². The van der Waals surface area contributed by atoms with Gasteiger partial charge in [-0.3, -0.25) is 9.52 Å². The Morgan fingerprint density at radius 2 is 1.62 bits per heavy atom. The van der Waals surface area contributed by atoms with Crippen molar-refractivity contribution in [2.24, 2.45) is 0 Å². The van der Waals surface area contributed by atoms with Gasteiger partial charge >= 0.3 is 0 Å². The highest BCUT2D eigenvalue weighted by Crippen LogP contribution is 2.13. The molecule has 0 heterocycles. The normalized spacial score (nSPS) is 11.5. The Labute approximate surface area is 124 Å². The predicted octanol–water partition coefficient (Wildman–Crippen LogP) is 3.30. The molecule has 0 saturated heterocycles. The van der Waals surface area contributed by atoms with E-state index in [2.05, 4.69) is 4.72 Å². The lowest BCUT2D eigenvalue weighted by Gasteiger charge is -2.05. The number of benzene rings is 2. The molecule has 0 spiro atoms. The van der Waals surface area contributed by atoms with Gasteiger partial charge in [-0.25, -0.2) is 8.42 Å². The van der Waals surface area contributed by atoms with Crippen LogP contribution in [0.15, 0.2) is 60.0 Å². The molecule has 0 amide bonds. The summed E-state index contributed by atoms with van der Waals surface area (Å²) in [5, 5.41) is 1.11. The molecule has 1 N–H and O–H groups in total. The fourth-order valence-electron chi connectivity index (χ4n) is 1.70. The second-order valence-corrected chi connectivity index (χ2v) is 6.06. The van der Waals surface area contributed by atoms with Crippen LogP contribution in [0, 0.1) is 0 Å². The van der Waals surface area contributed by atoms with Gasteiger partial charge in [0.15, 0.2) is 5.78 Å². The summed E-state index contributed by atoms with van der Waals surface area (Å²) in [5.41, 5.74) is 1.75. The molecule has 0 fully saturated rings. The maximum absolute atomic E-state index is 11.9. The average Bonchev–Trinajstić information content (AvgIpc) is 2.46. The van der Waals surface area contributed by atoms with Crippen molar-refractivity contribution in [3.8, 4) is 0 Å². The molecule has 2 rings (SSSR count). The van der Waals surface area contributed by atoms with E-state index in [0.717, 1.165) is 11.0 Å².